The molecule has 0 aliphatic heterocycles. The van der Waals surface area contributed by atoms with Gasteiger partial charge in [0.2, 0.25) is 0 Å². The van der Waals surface area contributed by atoms with Gasteiger partial charge in [-0.3, -0.25) is 0 Å². The SMILES string of the molecule is CCCCCCC1(C)C=CC(c2cc(-c3ccc(-c4cc(C5=CCC(C)(CCCCCC)C=C5)nc(-c5ccc(C)cc5)c4)cc3)cc(-c3ccc(C)cc3)n2)=CC1. The molecule has 2 heteroatoms. The van der Waals surface area contributed by atoms with Crippen LogP contribution in [0.3, 0.4) is 0 Å². The number of aryl methyl sites for hydroxylation is 2. The number of benzene rings is 3. The first kappa shape index (κ1) is 41.1. The average molecular weight is 765 g/mol. The van der Waals surface area contributed by atoms with E-state index in [1.165, 1.54) is 109 Å². The molecule has 0 amide bonds. The second-order valence-corrected chi connectivity index (χ2v) is 17.9. The maximum Gasteiger partial charge on any atom is 0.0715 e. The fourth-order valence-electron chi connectivity index (χ4n) is 8.49. The Kier molecular flexibility index (Phi) is 13.2. The summed E-state index contributed by atoms with van der Waals surface area (Å²) in [5, 5.41) is 0. The Balaban J connectivity index is 1.20. The van der Waals surface area contributed by atoms with Gasteiger partial charge >= 0.3 is 0 Å². The topological polar surface area (TPSA) is 25.8 Å². The molecule has 2 aromatic heterocycles. The summed E-state index contributed by atoms with van der Waals surface area (Å²) in [5.74, 6) is 0. The van der Waals surface area contributed by atoms with Crippen molar-refractivity contribution in [3.8, 4) is 44.8 Å². The maximum atomic E-state index is 5.27. The number of hydrogen-bond donors (Lipinski definition) is 0. The highest BCUT2D eigenvalue weighted by Crippen LogP contribution is 2.40. The molecule has 2 unspecified atom stereocenters. The molecular weight excluding hydrogens is 701 g/mol. The molecule has 298 valence electrons. The predicted molar refractivity (Wildman–Crippen MR) is 250 cm³/mol. The van der Waals surface area contributed by atoms with E-state index in [0.717, 1.165) is 46.7 Å². The highest BCUT2D eigenvalue weighted by molar-refractivity contribution is 5.83. The third kappa shape index (κ3) is 10.3. The molecule has 2 aliphatic rings. The number of aromatic nitrogens is 2. The smallest absolute Gasteiger partial charge is 0.0715 e. The summed E-state index contributed by atoms with van der Waals surface area (Å²) in [6, 6.07) is 35.7. The molecule has 5 aromatic rings. The van der Waals surface area contributed by atoms with E-state index in [-0.39, 0.29) is 10.8 Å². The summed E-state index contributed by atoms with van der Waals surface area (Å²) in [4.78, 5) is 10.5. The predicted octanol–water partition coefficient (Wildman–Crippen LogP) is 16.4. The van der Waals surface area contributed by atoms with E-state index < -0.39 is 0 Å². The highest BCUT2D eigenvalue weighted by Gasteiger charge is 2.25. The Morgan fingerprint density at radius 3 is 1.14 bits per heavy atom. The van der Waals surface area contributed by atoms with Crippen LogP contribution in [0.2, 0.25) is 0 Å². The van der Waals surface area contributed by atoms with E-state index in [0.29, 0.717) is 0 Å². The van der Waals surface area contributed by atoms with Crippen molar-refractivity contribution in [2.75, 3.05) is 0 Å². The normalized spacial score (nSPS) is 18.9. The Morgan fingerprint density at radius 1 is 0.431 bits per heavy atom. The van der Waals surface area contributed by atoms with Gasteiger partial charge in [0.15, 0.2) is 0 Å². The largest absolute Gasteiger partial charge is 0.248 e. The van der Waals surface area contributed by atoms with Crippen molar-refractivity contribution < 1.29 is 0 Å². The number of unbranched alkanes of at least 4 members (excludes halogenated alkanes) is 6. The second-order valence-electron chi connectivity index (χ2n) is 17.9. The van der Waals surface area contributed by atoms with Gasteiger partial charge < -0.3 is 0 Å². The monoisotopic (exact) mass is 765 g/mol. The Bertz CT molecular complexity index is 2120. The number of hydrogen-bond acceptors (Lipinski definition) is 2. The summed E-state index contributed by atoms with van der Waals surface area (Å²) in [6.45, 7) is 13.7. The van der Waals surface area contributed by atoms with Crippen molar-refractivity contribution in [1.82, 2.24) is 9.97 Å². The standard InChI is InChI=1S/C56H64N2/c1-7-9-11-13-31-55(5)33-27-47(28-34-55)53-39-49(37-51(57-53)45-19-15-41(3)16-20-45)43-23-25-44(26-24-43)50-38-52(46-21-17-42(4)18-22-46)58-54(40-50)48-29-35-56(6,36-30-48)32-14-12-10-8-2/h15-30,33,35,37-40H,7-14,31-32,34,36H2,1-6H3. The van der Waals surface area contributed by atoms with Crippen molar-refractivity contribution in [1.29, 1.82) is 0 Å². The van der Waals surface area contributed by atoms with Gasteiger partial charge in [-0.1, -0.05) is 199 Å². The minimum Gasteiger partial charge on any atom is -0.248 e. The van der Waals surface area contributed by atoms with Gasteiger partial charge in [0, 0.05) is 11.1 Å². The van der Waals surface area contributed by atoms with Crippen LogP contribution in [0.15, 0.2) is 134 Å². The van der Waals surface area contributed by atoms with Gasteiger partial charge in [-0.05, 0) is 108 Å². The fourth-order valence-corrected chi connectivity index (χ4v) is 8.49. The summed E-state index contributed by atoms with van der Waals surface area (Å²) in [7, 11) is 0. The van der Waals surface area contributed by atoms with Crippen molar-refractivity contribution >= 4 is 11.1 Å². The van der Waals surface area contributed by atoms with Gasteiger partial charge in [-0.25, -0.2) is 9.97 Å². The first-order chi connectivity index (χ1) is 28.1. The van der Waals surface area contributed by atoms with E-state index in [4.69, 9.17) is 9.97 Å². The zero-order chi connectivity index (χ0) is 40.5. The van der Waals surface area contributed by atoms with E-state index in [1.807, 2.05) is 0 Å². The third-order valence-corrected chi connectivity index (χ3v) is 12.6. The molecule has 0 N–H and O–H groups in total. The van der Waals surface area contributed by atoms with Crippen LogP contribution in [0.4, 0.5) is 0 Å². The average Bonchev–Trinajstić information content (AvgIpc) is 3.25. The summed E-state index contributed by atoms with van der Waals surface area (Å²) in [6.07, 6.45) is 29.4. The van der Waals surface area contributed by atoms with Crippen molar-refractivity contribution in [3.63, 3.8) is 0 Å². The van der Waals surface area contributed by atoms with Crippen LogP contribution in [0.1, 0.15) is 127 Å². The fraction of sp³-hybridized carbons (Fsp3) is 0.357. The minimum atomic E-state index is 0.217. The van der Waals surface area contributed by atoms with Gasteiger partial charge in [0.05, 0.1) is 22.8 Å². The number of nitrogens with zero attached hydrogens (tertiary/aromatic N) is 2. The summed E-state index contributed by atoms with van der Waals surface area (Å²) >= 11 is 0. The van der Waals surface area contributed by atoms with Crippen molar-refractivity contribution in [3.05, 3.63) is 156 Å². The van der Waals surface area contributed by atoms with Crippen LogP contribution in [-0.2, 0) is 0 Å². The number of rotatable bonds is 16. The summed E-state index contributed by atoms with van der Waals surface area (Å²) in [5.41, 5.74) is 16.5. The molecule has 0 radical (unpaired) electrons. The van der Waals surface area contributed by atoms with Crippen molar-refractivity contribution in [2.24, 2.45) is 10.8 Å². The van der Waals surface area contributed by atoms with E-state index >= 15 is 0 Å². The Hall–Kier alpha value is -5.08. The van der Waals surface area contributed by atoms with Gasteiger partial charge in [-0.15, -0.1) is 0 Å². The molecule has 58 heavy (non-hydrogen) atoms. The lowest BCUT2D eigenvalue weighted by Gasteiger charge is -2.28. The lowest BCUT2D eigenvalue weighted by molar-refractivity contribution is 0.373. The highest BCUT2D eigenvalue weighted by atomic mass is 14.7. The molecule has 0 saturated heterocycles. The van der Waals surface area contributed by atoms with E-state index in [2.05, 4.69) is 175 Å². The number of allylic oxidation sites excluding steroid dienone is 8. The summed E-state index contributed by atoms with van der Waals surface area (Å²) < 4.78 is 0. The van der Waals surface area contributed by atoms with Gasteiger partial charge in [0.1, 0.15) is 0 Å². The zero-order valence-corrected chi connectivity index (χ0v) is 36.1. The second kappa shape index (κ2) is 18.7. The molecule has 2 heterocycles. The van der Waals surface area contributed by atoms with Crippen LogP contribution >= 0.6 is 0 Å². The first-order valence-corrected chi connectivity index (χ1v) is 22.2. The van der Waals surface area contributed by atoms with Crippen LogP contribution in [0, 0.1) is 24.7 Å². The molecule has 2 atom stereocenters. The zero-order valence-electron chi connectivity index (χ0n) is 36.1. The molecule has 0 saturated carbocycles. The third-order valence-electron chi connectivity index (χ3n) is 12.6. The van der Waals surface area contributed by atoms with Gasteiger partial charge in [0.25, 0.3) is 0 Å². The quantitative estimate of drug-likeness (QED) is 0.0935. The molecular formula is C56H64N2. The molecule has 0 fully saturated rings. The number of pyridine rings is 2. The van der Waals surface area contributed by atoms with Crippen LogP contribution in [-0.4, -0.2) is 9.97 Å². The maximum absolute atomic E-state index is 5.27. The van der Waals surface area contributed by atoms with Crippen LogP contribution in [0.5, 0.6) is 0 Å². The molecule has 7 rings (SSSR count). The van der Waals surface area contributed by atoms with Crippen LogP contribution < -0.4 is 0 Å². The molecule has 0 bridgehead atoms. The molecule has 2 nitrogen and oxygen atoms in total. The minimum absolute atomic E-state index is 0.217. The molecule has 0 spiro atoms. The van der Waals surface area contributed by atoms with E-state index in [9.17, 15) is 0 Å². The lowest BCUT2D eigenvalue weighted by Crippen LogP contribution is -2.14. The molecule has 3 aromatic carbocycles. The lowest BCUT2D eigenvalue weighted by atomic mass is 9.77. The van der Waals surface area contributed by atoms with Crippen LogP contribution in [0.25, 0.3) is 55.9 Å². The van der Waals surface area contributed by atoms with E-state index in [1.54, 1.807) is 0 Å². The Labute approximate surface area is 350 Å². The van der Waals surface area contributed by atoms with Crippen molar-refractivity contribution in [2.45, 2.75) is 119 Å². The molecule has 2 aliphatic carbocycles. The van der Waals surface area contributed by atoms with Gasteiger partial charge in [-0.2, -0.15) is 0 Å². The Morgan fingerprint density at radius 2 is 0.793 bits per heavy atom. The first-order valence-electron chi connectivity index (χ1n) is 22.2.